The van der Waals surface area contributed by atoms with E-state index >= 15 is 0 Å². The molecule has 0 aliphatic heterocycles. The van der Waals surface area contributed by atoms with Gasteiger partial charge in [-0.25, -0.2) is 0 Å². The van der Waals surface area contributed by atoms with Crippen molar-refractivity contribution < 1.29 is 0 Å². The minimum absolute atomic E-state index is 0. The summed E-state index contributed by atoms with van der Waals surface area (Å²) in [4.78, 5) is 0. The van der Waals surface area contributed by atoms with Crippen LogP contribution >= 0.6 is 0 Å². The molecular weight excluding hydrogens is 135 g/mol. The number of hydrogen-bond donors (Lipinski definition) is 1. The second-order valence-corrected chi connectivity index (χ2v) is 0.957. The fraction of sp³-hybridized carbons (Fsp3) is 1.00. The SMILES string of the molecule is CCNCC.[GeH4]. The van der Waals surface area contributed by atoms with Gasteiger partial charge < -0.3 is 5.32 Å². The van der Waals surface area contributed by atoms with Gasteiger partial charge in [-0.05, 0) is 13.1 Å². The molecule has 2 heteroatoms. The Morgan fingerprint density at radius 1 is 1.17 bits per heavy atom. The van der Waals surface area contributed by atoms with Crippen LogP contribution in [0, 0.1) is 0 Å². The Hall–Kier alpha value is 0.503. The zero-order chi connectivity index (χ0) is 4.12. The van der Waals surface area contributed by atoms with Crippen LogP contribution in [0.15, 0.2) is 0 Å². The van der Waals surface area contributed by atoms with E-state index in [0.717, 1.165) is 13.1 Å². The van der Waals surface area contributed by atoms with Gasteiger partial charge in [0.2, 0.25) is 0 Å². The number of nitrogens with one attached hydrogen (secondary N) is 1. The molecule has 0 rings (SSSR count). The molecule has 0 amide bonds. The second kappa shape index (κ2) is 9.09. The topological polar surface area (TPSA) is 12.0 Å². The van der Waals surface area contributed by atoms with Crippen molar-refractivity contribution in [2.24, 2.45) is 0 Å². The van der Waals surface area contributed by atoms with Crippen molar-refractivity contribution in [3.8, 4) is 0 Å². The zero-order valence-corrected chi connectivity index (χ0v) is 3.91. The van der Waals surface area contributed by atoms with E-state index < -0.39 is 0 Å². The Bertz CT molecular complexity index is 15.0. The van der Waals surface area contributed by atoms with Crippen LogP contribution in [-0.4, -0.2) is 30.7 Å². The molecule has 0 fully saturated rings. The van der Waals surface area contributed by atoms with Crippen LogP contribution in [0.5, 0.6) is 0 Å². The molecule has 1 nitrogen and oxygen atoms in total. The first kappa shape index (κ1) is 9.71. The number of rotatable bonds is 2. The van der Waals surface area contributed by atoms with Crippen molar-refractivity contribution in [2.75, 3.05) is 13.1 Å². The first-order chi connectivity index (χ1) is 2.41. The van der Waals surface area contributed by atoms with E-state index in [1.165, 1.54) is 0 Å². The van der Waals surface area contributed by atoms with E-state index in [-0.39, 0.29) is 17.6 Å². The third kappa shape index (κ3) is 8.82. The molecule has 0 atom stereocenters. The van der Waals surface area contributed by atoms with Gasteiger partial charge in [0.25, 0.3) is 0 Å². The van der Waals surface area contributed by atoms with Gasteiger partial charge in [-0.1, -0.05) is 13.8 Å². The standard InChI is InChI=1S/C4H11N.GeH4/c1-3-5-4-2;/h5H,3-4H2,1-2H3;1H4. The molecule has 0 saturated heterocycles. The summed E-state index contributed by atoms with van der Waals surface area (Å²) in [6.07, 6.45) is 0. The second-order valence-electron chi connectivity index (χ2n) is 0.957. The summed E-state index contributed by atoms with van der Waals surface area (Å²) in [6.45, 7) is 6.39. The maximum atomic E-state index is 3.11. The Morgan fingerprint density at radius 2 is 1.50 bits per heavy atom. The van der Waals surface area contributed by atoms with E-state index in [1.54, 1.807) is 0 Å². The molecule has 0 aromatic heterocycles. The fourth-order valence-electron chi connectivity index (χ4n) is 0.250. The van der Waals surface area contributed by atoms with Crippen LogP contribution in [0.1, 0.15) is 13.8 Å². The Balaban J connectivity index is 0. The van der Waals surface area contributed by atoms with Gasteiger partial charge in [0, 0.05) is 0 Å². The molecule has 40 valence electrons. The molecule has 0 radical (unpaired) electrons. The molecule has 0 aromatic carbocycles. The van der Waals surface area contributed by atoms with E-state index in [0.29, 0.717) is 0 Å². The third-order valence-electron chi connectivity index (χ3n) is 0.500. The number of hydrogen-bond acceptors (Lipinski definition) is 1. The van der Waals surface area contributed by atoms with Gasteiger partial charge in [0.1, 0.15) is 0 Å². The van der Waals surface area contributed by atoms with E-state index in [2.05, 4.69) is 19.2 Å². The van der Waals surface area contributed by atoms with Crippen LogP contribution < -0.4 is 5.32 Å². The van der Waals surface area contributed by atoms with Crippen LogP contribution in [0.4, 0.5) is 0 Å². The summed E-state index contributed by atoms with van der Waals surface area (Å²) < 4.78 is 0. The third-order valence-corrected chi connectivity index (χ3v) is 0.500. The summed E-state index contributed by atoms with van der Waals surface area (Å²) in [7, 11) is 0. The Kier molecular flexibility index (Phi) is 14.7. The summed E-state index contributed by atoms with van der Waals surface area (Å²) in [5.74, 6) is 0. The average molecular weight is 150 g/mol. The minimum atomic E-state index is 0. The van der Waals surface area contributed by atoms with E-state index in [1.807, 2.05) is 0 Å². The molecule has 0 aliphatic carbocycles. The van der Waals surface area contributed by atoms with Gasteiger partial charge in [0.05, 0.1) is 0 Å². The van der Waals surface area contributed by atoms with Crippen molar-refractivity contribution >= 4 is 17.6 Å². The van der Waals surface area contributed by atoms with Crippen molar-refractivity contribution in [3.05, 3.63) is 0 Å². The molecule has 0 aromatic rings. The quantitative estimate of drug-likeness (QED) is 0.506. The molecule has 0 spiro atoms. The average Bonchev–Trinajstić information content (AvgIpc) is 1.41. The monoisotopic (exact) mass is 151 g/mol. The van der Waals surface area contributed by atoms with E-state index in [9.17, 15) is 0 Å². The molecule has 0 heterocycles. The Morgan fingerprint density at radius 3 is 1.50 bits per heavy atom. The normalized spacial score (nSPS) is 7.00. The zero-order valence-electron chi connectivity index (χ0n) is 3.91. The summed E-state index contributed by atoms with van der Waals surface area (Å²) in [5, 5.41) is 3.11. The molecule has 0 aliphatic rings. The van der Waals surface area contributed by atoms with E-state index in [4.69, 9.17) is 0 Å². The first-order valence-corrected chi connectivity index (χ1v) is 2.12. The molecular formula is C4H15GeN. The molecule has 0 saturated carbocycles. The van der Waals surface area contributed by atoms with Crippen LogP contribution in [0.3, 0.4) is 0 Å². The summed E-state index contributed by atoms with van der Waals surface area (Å²) in [6, 6.07) is 0. The molecule has 6 heavy (non-hydrogen) atoms. The Labute approximate surface area is 50.5 Å². The van der Waals surface area contributed by atoms with Gasteiger partial charge in [0.15, 0.2) is 0 Å². The molecule has 0 bridgehead atoms. The fourth-order valence-corrected chi connectivity index (χ4v) is 0.250. The van der Waals surface area contributed by atoms with Crippen LogP contribution in [0.2, 0.25) is 0 Å². The van der Waals surface area contributed by atoms with Crippen molar-refractivity contribution in [1.29, 1.82) is 0 Å². The first-order valence-electron chi connectivity index (χ1n) is 2.12. The van der Waals surface area contributed by atoms with Crippen molar-refractivity contribution in [3.63, 3.8) is 0 Å². The molecule has 1 N–H and O–H groups in total. The molecule has 0 unspecified atom stereocenters. The van der Waals surface area contributed by atoms with Crippen molar-refractivity contribution in [2.45, 2.75) is 13.8 Å². The predicted molar refractivity (Wildman–Crippen MR) is 35.6 cm³/mol. The van der Waals surface area contributed by atoms with Gasteiger partial charge in [-0.15, -0.1) is 0 Å². The van der Waals surface area contributed by atoms with Crippen LogP contribution in [-0.2, 0) is 0 Å². The van der Waals surface area contributed by atoms with Gasteiger partial charge in [-0.2, -0.15) is 0 Å². The van der Waals surface area contributed by atoms with Crippen molar-refractivity contribution in [1.82, 2.24) is 5.32 Å². The predicted octanol–water partition coefficient (Wildman–Crippen LogP) is -0.836. The summed E-state index contributed by atoms with van der Waals surface area (Å²) in [5.41, 5.74) is 0. The maximum absolute atomic E-state index is 3.11. The van der Waals surface area contributed by atoms with Gasteiger partial charge in [-0.3, -0.25) is 0 Å². The summed E-state index contributed by atoms with van der Waals surface area (Å²) >= 11 is 0. The van der Waals surface area contributed by atoms with Gasteiger partial charge >= 0.3 is 17.6 Å². The van der Waals surface area contributed by atoms with Crippen LogP contribution in [0.25, 0.3) is 0 Å².